The molecule has 0 radical (unpaired) electrons. The molecule has 224 valence electrons. The number of nitrogens with zero attached hydrogens (tertiary/aromatic N) is 2. The smallest absolute Gasteiger partial charge is 0.424 e. The Labute approximate surface area is 240 Å². The van der Waals surface area contributed by atoms with E-state index in [9.17, 15) is 27.5 Å². The first kappa shape index (κ1) is 30.8. The minimum atomic E-state index is -5.26. The molecule has 1 atom stereocenters. The van der Waals surface area contributed by atoms with Crippen LogP contribution in [0.2, 0.25) is 0 Å². The Kier molecular flexibility index (Phi) is 8.49. The van der Waals surface area contributed by atoms with Crippen LogP contribution in [0, 0.1) is 5.82 Å². The fourth-order valence-corrected chi connectivity index (χ4v) is 4.29. The zero-order valence-corrected chi connectivity index (χ0v) is 23.6. The summed E-state index contributed by atoms with van der Waals surface area (Å²) in [4.78, 5) is 21.4. The number of halogens is 4. The van der Waals surface area contributed by atoms with E-state index < -0.39 is 41.3 Å². The van der Waals surface area contributed by atoms with Gasteiger partial charge in [0.15, 0.2) is 11.5 Å². The molecule has 3 aromatic rings. The van der Waals surface area contributed by atoms with Gasteiger partial charge in [-0.1, -0.05) is 0 Å². The number of hydrogen-bond donors (Lipinski definition) is 3. The molecule has 0 saturated heterocycles. The molecule has 12 heteroatoms. The Balaban J connectivity index is 1.72. The lowest BCUT2D eigenvalue weighted by atomic mass is 9.89. The summed E-state index contributed by atoms with van der Waals surface area (Å²) in [5.41, 5.74) is 0.845. The number of nitrogens with one attached hydrogen (secondary N) is 1. The normalized spacial score (nSPS) is 15.6. The van der Waals surface area contributed by atoms with E-state index in [-0.39, 0.29) is 34.5 Å². The molecule has 0 aliphatic heterocycles. The van der Waals surface area contributed by atoms with Crippen LogP contribution in [-0.4, -0.2) is 47.8 Å². The Bertz CT molecular complexity index is 1480. The van der Waals surface area contributed by atoms with Gasteiger partial charge in [0.25, 0.3) is 5.91 Å². The van der Waals surface area contributed by atoms with E-state index in [0.29, 0.717) is 11.3 Å². The first-order valence-corrected chi connectivity index (χ1v) is 13.2. The van der Waals surface area contributed by atoms with E-state index in [1.807, 2.05) is 0 Å². The molecule has 1 fully saturated rings. The average Bonchev–Trinajstić information content (AvgIpc) is 3.74. The summed E-state index contributed by atoms with van der Waals surface area (Å²) in [7, 11) is 1.38. The SMILES string of the molecule is COc1cc(C(=O)NCC(O)(c2cc(C(C)(C)N=C(C)N)cc(-c3ccc(F)cc3)n2)C(F)(F)F)ccc1OC1CC1. The Morgan fingerprint density at radius 1 is 1.10 bits per heavy atom. The van der Waals surface area contributed by atoms with Crippen molar-refractivity contribution in [2.24, 2.45) is 10.7 Å². The molecule has 8 nitrogen and oxygen atoms in total. The highest BCUT2D eigenvalue weighted by Crippen LogP contribution is 2.41. The quantitative estimate of drug-likeness (QED) is 0.170. The van der Waals surface area contributed by atoms with Gasteiger partial charge in [-0.15, -0.1) is 0 Å². The zero-order chi connectivity index (χ0) is 30.9. The number of aliphatic imine (C=N–C) groups is 1. The minimum absolute atomic E-state index is 0.00197. The summed E-state index contributed by atoms with van der Waals surface area (Å²) in [5, 5.41) is 13.4. The van der Waals surface area contributed by atoms with E-state index in [4.69, 9.17) is 15.2 Å². The molecule has 1 aliphatic rings. The van der Waals surface area contributed by atoms with Gasteiger partial charge in [-0.25, -0.2) is 9.37 Å². The number of pyridine rings is 1. The van der Waals surface area contributed by atoms with E-state index in [2.05, 4.69) is 15.3 Å². The molecule has 1 aliphatic carbocycles. The molecule has 0 bridgehead atoms. The summed E-state index contributed by atoms with van der Waals surface area (Å²) in [6.07, 6.45) is -3.40. The van der Waals surface area contributed by atoms with Crippen LogP contribution in [0.15, 0.2) is 59.6 Å². The minimum Gasteiger partial charge on any atom is -0.493 e. The van der Waals surface area contributed by atoms with Crippen LogP contribution < -0.4 is 20.5 Å². The largest absolute Gasteiger partial charge is 0.493 e. The molecule has 1 aromatic heterocycles. The second kappa shape index (κ2) is 11.6. The third-order valence-electron chi connectivity index (χ3n) is 6.77. The first-order chi connectivity index (χ1) is 19.6. The highest BCUT2D eigenvalue weighted by atomic mass is 19.4. The number of rotatable bonds is 10. The topological polar surface area (TPSA) is 119 Å². The third kappa shape index (κ3) is 6.81. The zero-order valence-electron chi connectivity index (χ0n) is 23.6. The summed E-state index contributed by atoms with van der Waals surface area (Å²) >= 11 is 0. The van der Waals surface area contributed by atoms with Crippen LogP contribution in [0.1, 0.15) is 55.2 Å². The van der Waals surface area contributed by atoms with Gasteiger partial charge in [0.05, 0.1) is 42.5 Å². The molecule has 42 heavy (non-hydrogen) atoms. The molecule has 1 saturated carbocycles. The van der Waals surface area contributed by atoms with E-state index in [1.165, 1.54) is 50.4 Å². The fraction of sp³-hybridized carbons (Fsp3) is 0.367. The standard InChI is InChI=1S/C30H32F4N4O4/c1-17(35)38-28(2,3)20-14-23(18-5-8-21(31)9-6-18)37-26(15-20)29(40,30(32,33)34)16-36-27(39)19-7-12-24(25(13-19)41-4)42-22-10-11-22/h5-9,12-15,22,40H,10-11,16H2,1-4H3,(H2,35,38)(H,36,39). The van der Waals surface area contributed by atoms with Crippen molar-refractivity contribution in [1.82, 2.24) is 10.3 Å². The lowest BCUT2D eigenvalue weighted by Crippen LogP contribution is -2.51. The van der Waals surface area contributed by atoms with Crippen LogP contribution in [0.5, 0.6) is 11.5 Å². The van der Waals surface area contributed by atoms with Gasteiger partial charge in [-0.2, -0.15) is 13.2 Å². The van der Waals surface area contributed by atoms with E-state index >= 15 is 0 Å². The maximum Gasteiger partial charge on any atom is 0.424 e. The van der Waals surface area contributed by atoms with Crippen LogP contribution >= 0.6 is 0 Å². The Morgan fingerprint density at radius 3 is 2.33 bits per heavy atom. The van der Waals surface area contributed by atoms with Crippen molar-refractivity contribution in [2.45, 2.75) is 57.0 Å². The number of nitrogens with two attached hydrogens (primary N) is 1. The molecule has 1 heterocycles. The van der Waals surface area contributed by atoms with Crippen LogP contribution in [-0.2, 0) is 11.1 Å². The number of ether oxygens (including phenoxy) is 2. The second-order valence-electron chi connectivity index (χ2n) is 10.7. The first-order valence-electron chi connectivity index (χ1n) is 13.2. The highest BCUT2D eigenvalue weighted by molar-refractivity contribution is 5.95. The number of alkyl halides is 3. The molecular formula is C30H32F4N4O4. The Morgan fingerprint density at radius 2 is 1.76 bits per heavy atom. The van der Waals surface area contributed by atoms with Gasteiger partial charge >= 0.3 is 6.18 Å². The predicted octanol–water partition coefficient (Wildman–Crippen LogP) is 5.23. The molecular weight excluding hydrogens is 556 g/mol. The van der Waals surface area contributed by atoms with Crippen molar-refractivity contribution in [2.75, 3.05) is 13.7 Å². The molecule has 1 unspecified atom stereocenters. The van der Waals surface area contributed by atoms with E-state index in [1.54, 1.807) is 13.8 Å². The van der Waals surface area contributed by atoms with Crippen molar-refractivity contribution >= 4 is 11.7 Å². The van der Waals surface area contributed by atoms with Gasteiger partial charge in [-0.3, -0.25) is 9.79 Å². The molecule has 2 aromatic carbocycles. The lowest BCUT2D eigenvalue weighted by molar-refractivity contribution is -0.265. The van der Waals surface area contributed by atoms with Crippen molar-refractivity contribution in [1.29, 1.82) is 0 Å². The lowest BCUT2D eigenvalue weighted by Gasteiger charge is -2.32. The summed E-state index contributed by atoms with van der Waals surface area (Å²) in [5.74, 6) is -0.582. The molecule has 1 amide bonds. The van der Waals surface area contributed by atoms with Crippen molar-refractivity contribution in [3.8, 4) is 22.8 Å². The van der Waals surface area contributed by atoms with Gasteiger partial charge < -0.3 is 25.6 Å². The predicted molar refractivity (Wildman–Crippen MR) is 149 cm³/mol. The number of methoxy groups -OCH3 is 1. The number of aromatic nitrogens is 1. The van der Waals surface area contributed by atoms with Crippen LogP contribution in [0.4, 0.5) is 17.6 Å². The number of carbonyl (C=O) groups is 1. The Hall–Kier alpha value is -4.19. The van der Waals surface area contributed by atoms with Crippen molar-refractivity contribution < 1.29 is 36.9 Å². The van der Waals surface area contributed by atoms with Crippen molar-refractivity contribution in [3.63, 3.8) is 0 Å². The number of benzene rings is 2. The van der Waals surface area contributed by atoms with Gasteiger partial charge in [0.2, 0.25) is 5.60 Å². The number of hydrogen-bond acceptors (Lipinski definition) is 6. The van der Waals surface area contributed by atoms with Crippen LogP contribution in [0.25, 0.3) is 11.3 Å². The highest BCUT2D eigenvalue weighted by Gasteiger charge is 2.56. The fourth-order valence-electron chi connectivity index (χ4n) is 4.29. The molecule has 4 N–H and O–H groups in total. The number of amides is 1. The molecule has 0 spiro atoms. The van der Waals surface area contributed by atoms with E-state index in [0.717, 1.165) is 31.0 Å². The summed E-state index contributed by atoms with van der Waals surface area (Å²) in [6, 6.07) is 11.8. The average molecular weight is 589 g/mol. The number of aliphatic hydroxyl groups is 1. The third-order valence-corrected chi connectivity index (χ3v) is 6.77. The van der Waals surface area contributed by atoms with Crippen LogP contribution in [0.3, 0.4) is 0 Å². The molecule has 4 rings (SSSR count). The van der Waals surface area contributed by atoms with Gasteiger partial charge in [0.1, 0.15) is 5.82 Å². The maximum atomic E-state index is 14.6. The van der Waals surface area contributed by atoms with Gasteiger partial charge in [-0.05, 0) is 93.8 Å². The summed E-state index contributed by atoms with van der Waals surface area (Å²) in [6.45, 7) is 3.55. The monoisotopic (exact) mass is 588 g/mol. The second-order valence-corrected chi connectivity index (χ2v) is 10.7. The number of amidine groups is 1. The van der Waals surface area contributed by atoms with Crippen molar-refractivity contribution in [3.05, 3.63) is 77.2 Å². The summed E-state index contributed by atoms with van der Waals surface area (Å²) < 4.78 is 68.4. The maximum absolute atomic E-state index is 14.6. The number of carbonyl (C=O) groups excluding carboxylic acids is 1. The van der Waals surface area contributed by atoms with Gasteiger partial charge in [0, 0.05) is 11.1 Å².